The van der Waals surface area contributed by atoms with Crippen molar-refractivity contribution in [3.05, 3.63) is 0 Å². The lowest BCUT2D eigenvalue weighted by atomic mass is 9.99. The second kappa shape index (κ2) is 6.70. The monoisotopic (exact) mass is 216 g/mol. The van der Waals surface area contributed by atoms with E-state index in [9.17, 15) is 0 Å². The highest BCUT2D eigenvalue weighted by Crippen LogP contribution is 2.13. The predicted molar refractivity (Wildman–Crippen MR) is 66.1 cm³/mol. The molecule has 1 saturated heterocycles. The van der Waals surface area contributed by atoms with E-state index >= 15 is 0 Å². The predicted octanol–water partition coefficient (Wildman–Crippen LogP) is 1.67. The van der Waals surface area contributed by atoms with Crippen molar-refractivity contribution < 1.29 is 0 Å². The molecule has 1 fully saturated rings. The second-order valence-electron chi connectivity index (χ2n) is 4.46. The molecule has 1 heterocycles. The van der Waals surface area contributed by atoms with Gasteiger partial charge in [0.1, 0.15) is 0 Å². The largest absolute Gasteiger partial charge is 0.316 e. The zero-order valence-electron chi connectivity index (χ0n) is 9.75. The van der Waals surface area contributed by atoms with Gasteiger partial charge in [-0.3, -0.25) is 0 Å². The summed E-state index contributed by atoms with van der Waals surface area (Å²) in [5, 5.41) is 3.48. The van der Waals surface area contributed by atoms with Gasteiger partial charge >= 0.3 is 0 Å². The van der Waals surface area contributed by atoms with Crippen molar-refractivity contribution in [1.82, 2.24) is 10.2 Å². The highest BCUT2D eigenvalue weighted by Gasteiger charge is 2.17. The van der Waals surface area contributed by atoms with Gasteiger partial charge in [0.15, 0.2) is 0 Å². The van der Waals surface area contributed by atoms with Crippen LogP contribution in [0, 0.1) is 5.92 Å². The minimum atomic E-state index is 0.715. The van der Waals surface area contributed by atoms with E-state index in [1.165, 1.54) is 38.2 Å². The summed E-state index contributed by atoms with van der Waals surface area (Å²) >= 11 is 1.94. The van der Waals surface area contributed by atoms with E-state index in [-0.39, 0.29) is 0 Å². The van der Waals surface area contributed by atoms with Crippen LogP contribution in [0.1, 0.15) is 19.8 Å². The average Bonchev–Trinajstić information content (AvgIpc) is 2.19. The van der Waals surface area contributed by atoms with Gasteiger partial charge in [-0.15, -0.1) is 0 Å². The Hall–Kier alpha value is 0.270. The zero-order chi connectivity index (χ0) is 10.4. The van der Waals surface area contributed by atoms with Crippen molar-refractivity contribution in [3.8, 4) is 0 Å². The molecule has 2 atom stereocenters. The molecule has 3 heteroatoms. The Morgan fingerprint density at radius 2 is 2.36 bits per heavy atom. The molecule has 0 amide bonds. The molecule has 0 aromatic heterocycles. The summed E-state index contributed by atoms with van der Waals surface area (Å²) in [4.78, 5) is 2.51. The molecule has 1 aliphatic rings. The van der Waals surface area contributed by atoms with Crippen LogP contribution in [-0.4, -0.2) is 49.6 Å². The lowest BCUT2D eigenvalue weighted by molar-refractivity contribution is 0.210. The van der Waals surface area contributed by atoms with Gasteiger partial charge in [0.2, 0.25) is 0 Å². The third kappa shape index (κ3) is 4.20. The number of nitrogens with one attached hydrogen (secondary N) is 1. The number of piperidine rings is 1. The van der Waals surface area contributed by atoms with Crippen molar-refractivity contribution in [2.45, 2.75) is 25.8 Å². The molecule has 0 saturated carbocycles. The van der Waals surface area contributed by atoms with Gasteiger partial charge < -0.3 is 10.2 Å². The Kier molecular flexibility index (Phi) is 5.90. The first-order chi connectivity index (χ1) is 6.74. The van der Waals surface area contributed by atoms with Crippen LogP contribution in [0.3, 0.4) is 0 Å². The van der Waals surface area contributed by atoms with Gasteiger partial charge in [0.25, 0.3) is 0 Å². The molecular weight excluding hydrogens is 192 g/mol. The van der Waals surface area contributed by atoms with Crippen molar-refractivity contribution in [3.63, 3.8) is 0 Å². The van der Waals surface area contributed by atoms with Crippen LogP contribution in [-0.2, 0) is 0 Å². The maximum atomic E-state index is 3.48. The fourth-order valence-corrected chi connectivity index (χ4v) is 2.77. The summed E-state index contributed by atoms with van der Waals surface area (Å²) in [7, 11) is 2.26. The molecular formula is C11H24N2S. The molecule has 1 N–H and O–H groups in total. The van der Waals surface area contributed by atoms with E-state index in [4.69, 9.17) is 0 Å². The van der Waals surface area contributed by atoms with E-state index in [1.807, 2.05) is 11.8 Å². The van der Waals surface area contributed by atoms with Gasteiger partial charge in [0.05, 0.1) is 0 Å². The molecule has 0 aliphatic carbocycles. The fraction of sp³-hybridized carbons (Fsp3) is 1.00. The van der Waals surface area contributed by atoms with Crippen LogP contribution < -0.4 is 5.32 Å². The smallest absolute Gasteiger partial charge is 0.0155 e. The summed E-state index contributed by atoms with van der Waals surface area (Å²) in [6.45, 7) is 6.03. The Labute approximate surface area is 92.8 Å². The fourth-order valence-electron chi connectivity index (χ4n) is 2.04. The molecule has 14 heavy (non-hydrogen) atoms. The quantitative estimate of drug-likeness (QED) is 0.752. The first-order valence-electron chi connectivity index (χ1n) is 5.64. The SMILES string of the molecule is CSCC(C)N(C)CC1CCCNC1. The lowest BCUT2D eigenvalue weighted by Gasteiger charge is -2.31. The van der Waals surface area contributed by atoms with E-state index < -0.39 is 0 Å². The van der Waals surface area contributed by atoms with Crippen LogP contribution in [0.4, 0.5) is 0 Å². The van der Waals surface area contributed by atoms with Gasteiger partial charge in [-0.2, -0.15) is 11.8 Å². The van der Waals surface area contributed by atoms with Crippen molar-refractivity contribution >= 4 is 11.8 Å². The molecule has 0 aromatic rings. The van der Waals surface area contributed by atoms with Gasteiger partial charge in [-0.05, 0) is 52.1 Å². The van der Waals surface area contributed by atoms with Crippen molar-refractivity contribution in [2.75, 3.05) is 38.7 Å². The summed E-state index contributed by atoms with van der Waals surface area (Å²) in [5.74, 6) is 2.12. The van der Waals surface area contributed by atoms with Crippen molar-refractivity contribution in [2.24, 2.45) is 5.92 Å². The molecule has 1 rings (SSSR count). The molecule has 2 nitrogen and oxygen atoms in total. The molecule has 0 spiro atoms. The van der Waals surface area contributed by atoms with Crippen LogP contribution in [0.5, 0.6) is 0 Å². The molecule has 2 unspecified atom stereocenters. The molecule has 0 radical (unpaired) electrons. The van der Waals surface area contributed by atoms with Crippen LogP contribution in [0.2, 0.25) is 0 Å². The molecule has 0 bridgehead atoms. The zero-order valence-corrected chi connectivity index (χ0v) is 10.6. The van der Waals surface area contributed by atoms with Crippen LogP contribution >= 0.6 is 11.8 Å². The Morgan fingerprint density at radius 3 is 2.93 bits per heavy atom. The van der Waals surface area contributed by atoms with Gasteiger partial charge in [-0.25, -0.2) is 0 Å². The molecule has 1 aliphatic heterocycles. The van der Waals surface area contributed by atoms with E-state index in [2.05, 4.69) is 30.4 Å². The summed E-state index contributed by atoms with van der Waals surface area (Å²) in [6.07, 6.45) is 4.95. The topological polar surface area (TPSA) is 15.3 Å². The van der Waals surface area contributed by atoms with Gasteiger partial charge in [0, 0.05) is 18.3 Å². The van der Waals surface area contributed by atoms with Gasteiger partial charge in [-0.1, -0.05) is 0 Å². The van der Waals surface area contributed by atoms with E-state index in [1.54, 1.807) is 0 Å². The van der Waals surface area contributed by atoms with Crippen LogP contribution in [0.25, 0.3) is 0 Å². The molecule has 84 valence electrons. The first kappa shape index (κ1) is 12.3. The standard InChI is InChI=1S/C11H24N2S/c1-10(9-14-3)13(2)8-11-5-4-6-12-7-11/h10-12H,4-9H2,1-3H3. The molecule has 0 aromatic carbocycles. The third-order valence-corrected chi connectivity index (χ3v) is 3.92. The first-order valence-corrected chi connectivity index (χ1v) is 7.03. The maximum absolute atomic E-state index is 3.48. The highest BCUT2D eigenvalue weighted by molar-refractivity contribution is 7.98. The Morgan fingerprint density at radius 1 is 1.57 bits per heavy atom. The van der Waals surface area contributed by atoms with E-state index in [0.717, 1.165) is 5.92 Å². The summed E-state index contributed by atoms with van der Waals surface area (Å²) < 4.78 is 0. The number of thioether (sulfide) groups is 1. The van der Waals surface area contributed by atoms with Crippen molar-refractivity contribution in [1.29, 1.82) is 0 Å². The highest BCUT2D eigenvalue weighted by atomic mass is 32.2. The summed E-state index contributed by atoms with van der Waals surface area (Å²) in [6, 6.07) is 0.715. The number of hydrogen-bond acceptors (Lipinski definition) is 3. The Balaban J connectivity index is 2.20. The number of nitrogens with zero attached hydrogens (tertiary/aromatic N) is 1. The lowest BCUT2D eigenvalue weighted by Crippen LogP contribution is -2.40. The van der Waals surface area contributed by atoms with E-state index in [0.29, 0.717) is 6.04 Å². The normalized spacial score (nSPS) is 25.3. The number of rotatable bonds is 5. The average molecular weight is 216 g/mol. The van der Waals surface area contributed by atoms with Crippen LogP contribution in [0.15, 0.2) is 0 Å². The minimum Gasteiger partial charge on any atom is -0.316 e. The minimum absolute atomic E-state index is 0.715. The third-order valence-electron chi connectivity index (χ3n) is 3.11. The second-order valence-corrected chi connectivity index (χ2v) is 5.37. The number of hydrogen-bond donors (Lipinski definition) is 1. The Bertz CT molecular complexity index is 146. The maximum Gasteiger partial charge on any atom is 0.0155 e. The summed E-state index contributed by atoms with van der Waals surface area (Å²) in [5.41, 5.74) is 0.